The van der Waals surface area contributed by atoms with E-state index in [-0.39, 0.29) is 11.5 Å². The fraction of sp³-hybridized carbons (Fsp3) is 0.571. The van der Waals surface area contributed by atoms with Crippen LogP contribution in [0.1, 0.15) is 45.6 Å². The predicted molar refractivity (Wildman–Crippen MR) is 66.8 cm³/mol. The van der Waals surface area contributed by atoms with Gasteiger partial charge in [-0.25, -0.2) is 0 Å². The molecule has 0 aromatic heterocycles. The van der Waals surface area contributed by atoms with Crippen LogP contribution in [0.25, 0.3) is 0 Å². The third-order valence-electron chi connectivity index (χ3n) is 2.72. The van der Waals surface area contributed by atoms with E-state index in [0.717, 1.165) is 24.8 Å². The van der Waals surface area contributed by atoms with Gasteiger partial charge in [0.2, 0.25) is 0 Å². The Balaban J connectivity index is 2.41. The van der Waals surface area contributed by atoms with Crippen molar-refractivity contribution in [1.29, 1.82) is 0 Å². The molecule has 0 bridgehead atoms. The maximum Gasteiger partial charge on any atom is 0.160 e. The highest BCUT2D eigenvalue weighted by Gasteiger charge is 2.10. The van der Waals surface area contributed by atoms with Gasteiger partial charge in [-0.2, -0.15) is 0 Å². The fourth-order valence-electron chi connectivity index (χ4n) is 1.75. The molecule has 0 spiro atoms. The zero-order valence-electron chi connectivity index (χ0n) is 10.5. The van der Waals surface area contributed by atoms with Crippen LogP contribution in [0.2, 0.25) is 0 Å². The number of hydrogen-bond acceptors (Lipinski definition) is 2. The number of para-hydroxylation sites is 1. The number of benzene rings is 1. The third kappa shape index (κ3) is 4.13. The minimum Gasteiger partial charge on any atom is -0.504 e. The molecule has 2 heteroatoms. The Kier molecular flexibility index (Phi) is 4.22. The normalized spacial score (nSPS) is 11.7. The Hall–Kier alpha value is -1.18. The lowest BCUT2D eigenvalue weighted by Gasteiger charge is -2.17. The molecule has 0 aliphatic carbocycles. The van der Waals surface area contributed by atoms with E-state index in [1.165, 1.54) is 12.5 Å². The summed E-state index contributed by atoms with van der Waals surface area (Å²) in [5, 5.41) is 18.9. The maximum absolute atomic E-state index is 9.61. The molecule has 1 aromatic carbocycles. The summed E-state index contributed by atoms with van der Waals surface area (Å²) in [4.78, 5) is 0. The summed E-state index contributed by atoms with van der Waals surface area (Å²) in [6.45, 7) is 6.70. The quantitative estimate of drug-likeness (QED) is 0.600. The lowest BCUT2D eigenvalue weighted by atomic mass is 9.89. The van der Waals surface area contributed by atoms with Crippen molar-refractivity contribution in [2.45, 2.75) is 46.5 Å². The first-order valence-electron chi connectivity index (χ1n) is 5.90. The summed E-state index contributed by atoms with van der Waals surface area (Å²) in [6.07, 6.45) is 4.22. The highest BCUT2D eigenvalue weighted by Crippen LogP contribution is 2.30. The number of aromatic hydroxyl groups is 2. The molecule has 0 amide bonds. The van der Waals surface area contributed by atoms with Crippen molar-refractivity contribution in [3.63, 3.8) is 0 Å². The highest BCUT2D eigenvalue weighted by atomic mass is 16.3. The first-order valence-corrected chi connectivity index (χ1v) is 5.90. The first-order chi connectivity index (χ1) is 7.40. The molecule has 0 saturated heterocycles. The summed E-state index contributed by atoms with van der Waals surface area (Å²) in [7, 11) is 0. The van der Waals surface area contributed by atoms with Gasteiger partial charge in [-0.05, 0) is 36.3 Å². The van der Waals surface area contributed by atoms with Gasteiger partial charge >= 0.3 is 0 Å². The van der Waals surface area contributed by atoms with Gasteiger partial charge in [-0.3, -0.25) is 0 Å². The topological polar surface area (TPSA) is 40.5 Å². The Morgan fingerprint density at radius 1 is 1.06 bits per heavy atom. The average Bonchev–Trinajstić information content (AvgIpc) is 2.17. The number of aryl methyl sites for hydroxylation is 1. The second-order valence-corrected chi connectivity index (χ2v) is 5.55. The summed E-state index contributed by atoms with van der Waals surface area (Å²) in [5.41, 5.74) is 1.22. The van der Waals surface area contributed by atoms with Crippen molar-refractivity contribution in [3.8, 4) is 11.5 Å². The van der Waals surface area contributed by atoms with E-state index in [2.05, 4.69) is 20.8 Å². The number of rotatable bonds is 4. The molecule has 0 aliphatic heterocycles. The van der Waals surface area contributed by atoms with E-state index in [0.29, 0.717) is 5.41 Å². The third-order valence-corrected chi connectivity index (χ3v) is 2.72. The van der Waals surface area contributed by atoms with Crippen molar-refractivity contribution >= 4 is 0 Å². The van der Waals surface area contributed by atoms with Crippen molar-refractivity contribution in [2.75, 3.05) is 0 Å². The minimum absolute atomic E-state index is 0.0201. The van der Waals surface area contributed by atoms with Gasteiger partial charge in [0.15, 0.2) is 11.5 Å². The van der Waals surface area contributed by atoms with Crippen LogP contribution < -0.4 is 0 Å². The van der Waals surface area contributed by atoms with Gasteiger partial charge in [-0.1, -0.05) is 39.3 Å². The minimum atomic E-state index is -0.0201. The van der Waals surface area contributed by atoms with Crippen LogP contribution in [0.4, 0.5) is 0 Å². The lowest BCUT2D eigenvalue weighted by molar-refractivity contribution is 0.359. The smallest absolute Gasteiger partial charge is 0.160 e. The second kappa shape index (κ2) is 5.24. The standard InChI is InChI=1S/C14H22O2/c1-14(2,3)10-5-4-7-11-8-6-9-12(15)13(11)16/h6,8-9,15-16H,4-5,7,10H2,1-3H3. The van der Waals surface area contributed by atoms with Gasteiger partial charge in [0.05, 0.1) is 0 Å². The fourth-order valence-corrected chi connectivity index (χ4v) is 1.75. The van der Waals surface area contributed by atoms with Crippen LogP contribution in [0, 0.1) is 5.41 Å². The molecule has 0 atom stereocenters. The van der Waals surface area contributed by atoms with Gasteiger partial charge in [-0.15, -0.1) is 0 Å². The van der Waals surface area contributed by atoms with E-state index in [4.69, 9.17) is 0 Å². The SMILES string of the molecule is CC(C)(C)CCCCc1cccc(O)c1O. The number of unbranched alkanes of at least 4 members (excludes halogenated alkanes) is 1. The van der Waals surface area contributed by atoms with Crippen LogP contribution in [0.15, 0.2) is 18.2 Å². The van der Waals surface area contributed by atoms with Crippen LogP contribution in [0.3, 0.4) is 0 Å². The lowest BCUT2D eigenvalue weighted by Crippen LogP contribution is -2.04. The van der Waals surface area contributed by atoms with Gasteiger partial charge < -0.3 is 10.2 Å². The second-order valence-electron chi connectivity index (χ2n) is 5.55. The zero-order chi connectivity index (χ0) is 12.2. The molecule has 2 nitrogen and oxygen atoms in total. The molecule has 0 unspecified atom stereocenters. The van der Waals surface area contributed by atoms with Crippen molar-refractivity contribution in [1.82, 2.24) is 0 Å². The molecule has 0 radical (unpaired) electrons. The van der Waals surface area contributed by atoms with Crippen molar-refractivity contribution < 1.29 is 10.2 Å². The Bertz CT molecular complexity index is 337. The molecule has 0 heterocycles. The number of phenolic OH excluding ortho intramolecular Hbond substituents is 2. The summed E-state index contributed by atoms with van der Waals surface area (Å²) in [6, 6.07) is 5.15. The predicted octanol–water partition coefficient (Wildman–Crippen LogP) is 3.86. The van der Waals surface area contributed by atoms with Crippen LogP contribution in [0.5, 0.6) is 11.5 Å². The molecular formula is C14H22O2. The largest absolute Gasteiger partial charge is 0.504 e. The number of phenols is 2. The summed E-state index contributed by atoms with van der Waals surface area (Å²) >= 11 is 0. The Labute approximate surface area is 97.9 Å². The van der Waals surface area contributed by atoms with Crippen molar-refractivity contribution in [3.05, 3.63) is 23.8 Å². The molecule has 0 fully saturated rings. The van der Waals surface area contributed by atoms with E-state index >= 15 is 0 Å². The van der Waals surface area contributed by atoms with E-state index in [1.54, 1.807) is 6.07 Å². The molecule has 1 aromatic rings. The molecule has 16 heavy (non-hydrogen) atoms. The molecule has 0 saturated carbocycles. The van der Waals surface area contributed by atoms with E-state index in [9.17, 15) is 10.2 Å². The van der Waals surface area contributed by atoms with Gasteiger partial charge in [0.25, 0.3) is 0 Å². The highest BCUT2D eigenvalue weighted by molar-refractivity contribution is 5.44. The van der Waals surface area contributed by atoms with Gasteiger partial charge in [0.1, 0.15) is 0 Å². The zero-order valence-corrected chi connectivity index (χ0v) is 10.5. The van der Waals surface area contributed by atoms with E-state index < -0.39 is 0 Å². The van der Waals surface area contributed by atoms with Crippen LogP contribution in [-0.4, -0.2) is 10.2 Å². The molecular weight excluding hydrogens is 200 g/mol. The molecule has 90 valence electrons. The summed E-state index contributed by atoms with van der Waals surface area (Å²) in [5.74, 6) is 0.0200. The molecule has 2 N–H and O–H groups in total. The molecule has 0 aliphatic rings. The van der Waals surface area contributed by atoms with Crippen molar-refractivity contribution in [2.24, 2.45) is 5.41 Å². The van der Waals surface area contributed by atoms with E-state index in [1.807, 2.05) is 6.07 Å². The van der Waals surface area contributed by atoms with Crippen LogP contribution >= 0.6 is 0 Å². The summed E-state index contributed by atoms with van der Waals surface area (Å²) < 4.78 is 0. The first kappa shape index (κ1) is 12.9. The number of hydrogen-bond donors (Lipinski definition) is 2. The maximum atomic E-state index is 9.61. The monoisotopic (exact) mass is 222 g/mol. The van der Waals surface area contributed by atoms with Crippen LogP contribution in [-0.2, 0) is 6.42 Å². The Morgan fingerprint density at radius 3 is 2.38 bits per heavy atom. The van der Waals surface area contributed by atoms with Gasteiger partial charge in [0, 0.05) is 0 Å². The average molecular weight is 222 g/mol. The molecule has 1 rings (SSSR count). The Morgan fingerprint density at radius 2 is 1.75 bits per heavy atom.